The van der Waals surface area contributed by atoms with Crippen LogP contribution in [-0.2, 0) is 16.1 Å². The zero-order valence-electron chi connectivity index (χ0n) is 21.5. The zero-order chi connectivity index (χ0) is 28.4. The summed E-state index contributed by atoms with van der Waals surface area (Å²) in [7, 11) is 0. The van der Waals surface area contributed by atoms with Crippen molar-refractivity contribution in [1.82, 2.24) is 4.57 Å². The predicted molar refractivity (Wildman–Crippen MR) is 157 cm³/mol. The Hall–Kier alpha value is -3.53. The molecule has 0 radical (unpaired) electrons. The molecule has 0 unspecified atom stereocenters. The van der Waals surface area contributed by atoms with E-state index in [1.165, 1.54) is 28.0 Å². The van der Waals surface area contributed by atoms with Gasteiger partial charge in [-0.25, -0.2) is 14.2 Å². The zero-order valence-corrected chi connectivity index (χ0v) is 24.6. The Balaban J connectivity index is 1.61. The number of hydrogen-bond donors (Lipinski definition) is 0. The van der Waals surface area contributed by atoms with E-state index in [4.69, 9.17) is 21.1 Å². The average Bonchev–Trinajstić information content (AvgIpc) is 3.23. The molecule has 5 rings (SSSR count). The summed E-state index contributed by atoms with van der Waals surface area (Å²) in [4.78, 5) is 31.9. The minimum atomic E-state index is -0.828. The molecule has 0 fully saturated rings. The third kappa shape index (κ3) is 5.82. The molecular weight excluding hydrogens is 619 g/mol. The lowest BCUT2D eigenvalue weighted by atomic mass is 9.96. The quantitative estimate of drug-likeness (QED) is 0.235. The number of allylic oxidation sites excluding steroid dienone is 1. The molecule has 0 amide bonds. The molecule has 6 nitrogen and oxygen atoms in total. The van der Waals surface area contributed by atoms with Crippen LogP contribution in [0.25, 0.3) is 6.08 Å². The molecule has 0 spiro atoms. The fourth-order valence-electron chi connectivity index (χ4n) is 4.40. The lowest BCUT2D eigenvalue weighted by Gasteiger charge is -2.24. The Morgan fingerprint density at radius 3 is 2.58 bits per heavy atom. The largest absolute Gasteiger partial charge is 0.488 e. The van der Waals surface area contributed by atoms with Crippen LogP contribution in [0.3, 0.4) is 0 Å². The maximum Gasteiger partial charge on any atom is 0.338 e. The van der Waals surface area contributed by atoms with Crippen molar-refractivity contribution < 1.29 is 18.7 Å². The smallest absolute Gasteiger partial charge is 0.338 e. The number of nitrogens with zero attached hydrogens (tertiary/aromatic N) is 2. The van der Waals surface area contributed by atoms with Crippen LogP contribution in [0.1, 0.15) is 36.6 Å². The van der Waals surface area contributed by atoms with Crippen molar-refractivity contribution in [3.8, 4) is 5.75 Å². The Morgan fingerprint density at radius 1 is 1.15 bits per heavy atom. The highest BCUT2D eigenvalue weighted by Gasteiger charge is 2.33. The summed E-state index contributed by atoms with van der Waals surface area (Å²) in [5.41, 5.74) is 2.47. The Kier molecular flexibility index (Phi) is 8.35. The molecule has 4 aromatic rings. The van der Waals surface area contributed by atoms with Crippen LogP contribution in [0.4, 0.5) is 4.39 Å². The highest BCUT2D eigenvalue weighted by molar-refractivity contribution is 9.10. The molecular formula is C30H23BrClFN2O4S. The van der Waals surface area contributed by atoms with Gasteiger partial charge in [0.15, 0.2) is 4.80 Å². The first kappa shape index (κ1) is 28.0. The second-order valence-electron chi connectivity index (χ2n) is 8.95. The van der Waals surface area contributed by atoms with Crippen molar-refractivity contribution >= 4 is 50.9 Å². The molecule has 204 valence electrons. The highest BCUT2D eigenvalue weighted by atomic mass is 79.9. The van der Waals surface area contributed by atoms with E-state index < -0.39 is 17.8 Å². The summed E-state index contributed by atoms with van der Waals surface area (Å²) in [6.07, 6.45) is 1.71. The van der Waals surface area contributed by atoms with Gasteiger partial charge in [0.25, 0.3) is 5.56 Å². The van der Waals surface area contributed by atoms with Gasteiger partial charge in [-0.15, -0.1) is 0 Å². The highest BCUT2D eigenvalue weighted by Crippen LogP contribution is 2.31. The van der Waals surface area contributed by atoms with Crippen LogP contribution in [0.15, 0.2) is 92.3 Å². The molecule has 0 saturated heterocycles. The number of esters is 1. The third-order valence-corrected chi connectivity index (χ3v) is 8.02. The Bertz CT molecular complexity index is 1800. The molecule has 10 heteroatoms. The number of ether oxygens (including phenoxy) is 2. The standard InChI is InChI=1S/C30H23BrClFN2O4S/c1-3-38-29(37)26-17(2)34-30-35(27(26)19-6-11-23(33)12-7-19)28(36)25(40-30)15-20-14-22(32)10-13-24(20)39-16-18-4-8-21(31)9-5-18/h4-15,27H,3,16H2,1-2H3/b25-15-/t27-/m1/s1. The number of benzene rings is 3. The Labute approximate surface area is 246 Å². The minimum Gasteiger partial charge on any atom is -0.488 e. The molecule has 1 aliphatic heterocycles. The van der Waals surface area contributed by atoms with Crippen molar-refractivity contribution in [2.45, 2.75) is 26.5 Å². The SMILES string of the molecule is CCOC(=O)C1=C(C)N=c2s/c(=C\c3cc(Cl)ccc3OCc3ccc(Br)cc3)c(=O)n2[C@@H]1c1ccc(F)cc1. The molecule has 0 aliphatic carbocycles. The van der Waals surface area contributed by atoms with Crippen LogP contribution in [0.5, 0.6) is 5.75 Å². The summed E-state index contributed by atoms with van der Waals surface area (Å²) in [5.74, 6) is -0.450. The molecule has 1 aliphatic rings. The van der Waals surface area contributed by atoms with Crippen molar-refractivity contribution in [3.63, 3.8) is 0 Å². The van der Waals surface area contributed by atoms with Gasteiger partial charge in [-0.05, 0) is 73.5 Å². The van der Waals surface area contributed by atoms with E-state index >= 15 is 0 Å². The fourth-order valence-corrected chi connectivity index (χ4v) is 5.88. The molecule has 1 aromatic heterocycles. The van der Waals surface area contributed by atoms with Crippen LogP contribution >= 0.6 is 38.9 Å². The molecule has 0 N–H and O–H groups in total. The van der Waals surface area contributed by atoms with Crippen LogP contribution in [0.2, 0.25) is 5.02 Å². The predicted octanol–water partition coefficient (Wildman–Crippen LogP) is 5.93. The second kappa shape index (κ2) is 11.9. The summed E-state index contributed by atoms with van der Waals surface area (Å²) in [6.45, 7) is 3.89. The summed E-state index contributed by atoms with van der Waals surface area (Å²) >= 11 is 10.9. The van der Waals surface area contributed by atoms with E-state index in [0.717, 1.165) is 10.0 Å². The topological polar surface area (TPSA) is 69.9 Å². The van der Waals surface area contributed by atoms with Crippen molar-refractivity contribution in [2.24, 2.45) is 4.99 Å². The number of rotatable bonds is 7. The number of carbonyl (C=O) groups is 1. The molecule has 2 heterocycles. The van der Waals surface area contributed by atoms with E-state index in [-0.39, 0.29) is 17.7 Å². The maximum atomic E-state index is 13.9. The summed E-state index contributed by atoms with van der Waals surface area (Å²) < 4.78 is 28.0. The number of aromatic nitrogens is 1. The van der Waals surface area contributed by atoms with Gasteiger partial charge in [0, 0.05) is 15.1 Å². The molecule has 1 atom stereocenters. The van der Waals surface area contributed by atoms with Crippen LogP contribution in [0, 0.1) is 5.82 Å². The van der Waals surface area contributed by atoms with Gasteiger partial charge >= 0.3 is 5.97 Å². The lowest BCUT2D eigenvalue weighted by Crippen LogP contribution is -2.39. The van der Waals surface area contributed by atoms with Gasteiger partial charge in [-0.3, -0.25) is 9.36 Å². The van der Waals surface area contributed by atoms with E-state index in [0.29, 0.717) is 43.5 Å². The first-order chi connectivity index (χ1) is 19.2. The normalized spacial score (nSPS) is 15.0. The van der Waals surface area contributed by atoms with E-state index in [1.807, 2.05) is 24.3 Å². The fraction of sp³-hybridized carbons (Fsp3) is 0.167. The summed E-state index contributed by atoms with van der Waals surface area (Å²) in [5, 5.41) is 0.486. The number of halogens is 3. The second-order valence-corrected chi connectivity index (χ2v) is 11.3. The molecule has 40 heavy (non-hydrogen) atoms. The van der Waals surface area contributed by atoms with Gasteiger partial charge in [-0.1, -0.05) is 63.1 Å². The van der Waals surface area contributed by atoms with Crippen molar-refractivity contribution in [2.75, 3.05) is 6.61 Å². The van der Waals surface area contributed by atoms with E-state index in [2.05, 4.69) is 20.9 Å². The van der Waals surface area contributed by atoms with Crippen molar-refractivity contribution in [3.05, 3.63) is 130 Å². The monoisotopic (exact) mass is 640 g/mol. The molecule has 3 aromatic carbocycles. The van der Waals surface area contributed by atoms with Gasteiger partial charge in [0.1, 0.15) is 18.2 Å². The average molecular weight is 642 g/mol. The third-order valence-electron chi connectivity index (χ3n) is 6.27. The van der Waals surface area contributed by atoms with Crippen LogP contribution < -0.4 is 19.6 Å². The Morgan fingerprint density at radius 2 is 1.88 bits per heavy atom. The maximum absolute atomic E-state index is 13.9. The van der Waals surface area contributed by atoms with Gasteiger partial charge in [0.2, 0.25) is 0 Å². The van der Waals surface area contributed by atoms with E-state index in [9.17, 15) is 14.0 Å². The number of thiazole rings is 1. The van der Waals surface area contributed by atoms with Crippen molar-refractivity contribution in [1.29, 1.82) is 0 Å². The first-order valence-corrected chi connectivity index (χ1v) is 14.4. The summed E-state index contributed by atoms with van der Waals surface area (Å²) in [6, 6.07) is 17.9. The number of carbonyl (C=O) groups excluding carboxylic acids is 1. The number of fused-ring (bicyclic) bond motifs is 1. The van der Waals surface area contributed by atoms with Gasteiger partial charge in [-0.2, -0.15) is 0 Å². The molecule has 0 bridgehead atoms. The van der Waals surface area contributed by atoms with Gasteiger partial charge in [0.05, 0.1) is 28.5 Å². The van der Waals surface area contributed by atoms with E-state index in [1.54, 1.807) is 50.3 Å². The molecule has 0 saturated carbocycles. The minimum absolute atomic E-state index is 0.161. The van der Waals surface area contributed by atoms with Gasteiger partial charge < -0.3 is 9.47 Å². The number of hydrogen-bond acceptors (Lipinski definition) is 6. The lowest BCUT2D eigenvalue weighted by molar-refractivity contribution is -0.139. The van der Waals surface area contributed by atoms with Crippen LogP contribution in [-0.4, -0.2) is 17.1 Å². The first-order valence-electron chi connectivity index (χ1n) is 12.4.